The summed E-state index contributed by atoms with van der Waals surface area (Å²) in [6, 6.07) is 13.1. The maximum Gasteiger partial charge on any atom is 0.283 e. The average molecular weight is 334 g/mol. The van der Waals surface area contributed by atoms with Crippen LogP contribution >= 0.6 is 0 Å². The van der Waals surface area contributed by atoms with Crippen LogP contribution in [0.5, 0.6) is 0 Å². The summed E-state index contributed by atoms with van der Waals surface area (Å²) < 4.78 is 11.3. The number of rotatable bonds is 4. The highest BCUT2D eigenvalue weighted by molar-refractivity contribution is 5.63. The van der Waals surface area contributed by atoms with Gasteiger partial charge in [-0.2, -0.15) is 0 Å². The molecule has 4 rings (SSSR count). The van der Waals surface area contributed by atoms with Gasteiger partial charge in [-0.15, -0.1) is 10.2 Å². The van der Waals surface area contributed by atoms with E-state index in [1.807, 2.05) is 0 Å². The molecular formula is C17H10N4O4. The molecule has 122 valence electrons. The summed E-state index contributed by atoms with van der Waals surface area (Å²) >= 11 is 0. The number of aromatic nitrogens is 3. The monoisotopic (exact) mass is 334 g/mol. The van der Waals surface area contributed by atoms with Crippen molar-refractivity contribution in [3.63, 3.8) is 0 Å². The van der Waals surface area contributed by atoms with Crippen molar-refractivity contribution in [2.24, 2.45) is 0 Å². The molecule has 0 unspecified atom stereocenters. The van der Waals surface area contributed by atoms with Gasteiger partial charge in [0.1, 0.15) is 5.76 Å². The van der Waals surface area contributed by atoms with Gasteiger partial charge in [0.25, 0.3) is 11.6 Å². The van der Waals surface area contributed by atoms with Crippen LogP contribution in [0.1, 0.15) is 0 Å². The van der Waals surface area contributed by atoms with Crippen molar-refractivity contribution in [1.82, 2.24) is 15.2 Å². The maximum absolute atomic E-state index is 10.7. The molecule has 1 aromatic carbocycles. The molecule has 4 aromatic rings. The van der Waals surface area contributed by atoms with E-state index in [4.69, 9.17) is 8.83 Å². The Kier molecular flexibility index (Phi) is 3.55. The van der Waals surface area contributed by atoms with Crippen LogP contribution in [0.15, 0.2) is 69.8 Å². The standard InChI is InChI=1S/C17H10N4O4/c22-21(23)13-3-1-11(2-4-13)14-5-6-15(24-14)17-20-19-16(25-17)12-7-9-18-10-8-12/h1-10H. The van der Waals surface area contributed by atoms with Crippen molar-refractivity contribution in [3.8, 4) is 34.4 Å². The molecule has 0 fully saturated rings. The number of benzene rings is 1. The van der Waals surface area contributed by atoms with Gasteiger partial charge in [0.15, 0.2) is 5.76 Å². The Balaban J connectivity index is 1.61. The second kappa shape index (κ2) is 6.00. The minimum Gasteiger partial charge on any atom is -0.451 e. The third kappa shape index (κ3) is 2.88. The van der Waals surface area contributed by atoms with E-state index in [0.29, 0.717) is 23.0 Å². The zero-order chi connectivity index (χ0) is 17.2. The zero-order valence-corrected chi connectivity index (χ0v) is 12.7. The molecule has 0 N–H and O–H groups in total. The second-order valence-electron chi connectivity index (χ2n) is 5.12. The van der Waals surface area contributed by atoms with Crippen molar-refractivity contribution in [2.75, 3.05) is 0 Å². The number of non-ortho nitro benzene ring substituents is 1. The molecule has 0 saturated heterocycles. The van der Waals surface area contributed by atoms with Crippen LogP contribution in [0.25, 0.3) is 34.4 Å². The van der Waals surface area contributed by atoms with Crippen molar-refractivity contribution < 1.29 is 13.8 Å². The summed E-state index contributed by atoms with van der Waals surface area (Å²) in [5.41, 5.74) is 1.50. The van der Waals surface area contributed by atoms with Gasteiger partial charge in [-0.1, -0.05) is 0 Å². The lowest BCUT2D eigenvalue weighted by Gasteiger charge is -1.96. The molecule has 25 heavy (non-hydrogen) atoms. The maximum atomic E-state index is 10.7. The van der Waals surface area contributed by atoms with Gasteiger partial charge in [0.05, 0.1) is 4.92 Å². The molecule has 0 aliphatic carbocycles. The summed E-state index contributed by atoms with van der Waals surface area (Å²) in [5.74, 6) is 1.58. The van der Waals surface area contributed by atoms with Crippen LogP contribution < -0.4 is 0 Å². The molecule has 3 heterocycles. The van der Waals surface area contributed by atoms with Crippen molar-refractivity contribution in [1.29, 1.82) is 0 Å². The second-order valence-corrected chi connectivity index (χ2v) is 5.12. The normalized spacial score (nSPS) is 10.7. The predicted octanol–water partition coefficient (Wildman–Crippen LogP) is 3.97. The van der Waals surface area contributed by atoms with Crippen LogP contribution in [0.4, 0.5) is 5.69 Å². The summed E-state index contributed by atoms with van der Waals surface area (Å²) in [6.07, 6.45) is 3.28. The molecule has 0 aliphatic heterocycles. The average Bonchev–Trinajstić information content (AvgIpc) is 3.32. The fraction of sp³-hybridized carbons (Fsp3) is 0. The SMILES string of the molecule is O=[N+]([O-])c1ccc(-c2ccc(-c3nnc(-c4ccncc4)o3)o2)cc1. The first kappa shape index (κ1) is 14.8. The molecule has 0 amide bonds. The van der Waals surface area contributed by atoms with Crippen LogP contribution in [-0.2, 0) is 0 Å². The number of furan rings is 1. The van der Waals surface area contributed by atoms with E-state index in [1.165, 1.54) is 12.1 Å². The highest BCUT2D eigenvalue weighted by atomic mass is 16.6. The molecule has 0 aliphatic rings. The summed E-state index contributed by atoms with van der Waals surface area (Å²) in [6.45, 7) is 0. The van der Waals surface area contributed by atoms with E-state index in [1.54, 1.807) is 48.8 Å². The summed E-state index contributed by atoms with van der Waals surface area (Å²) in [4.78, 5) is 14.2. The van der Waals surface area contributed by atoms with Crippen LogP contribution in [0.2, 0.25) is 0 Å². The Morgan fingerprint density at radius 2 is 1.44 bits per heavy atom. The Morgan fingerprint density at radius 3 is 2.16 bits per heavy atom. The van der Waals surface area contributed by atoms with Gasteiger partial charge in [-0.25, -0.2) is 0 Å². The van der Waals surface area contributed by atoms with Gasteiger partial charge in [0, 0.05) is 35.7 Å². The van der Waals surface area contributed by atoms with E-state index in [9.17, 15) is 10.1 Å². The zero-order valence-electron chi connectivity index (χ0n) is 12.7. The van der Waals surface area contributed by atoms with E-state index >= 15 is 0 Å². The Morgan fingerprint density at radius 1 is 0.760 bits per heavy atom. The number of pyridine rings is 1. The largest absolute Gasteiger partial charge is 0.451 e. The minimum atomic E-state index is -0.448. The highest BCUT2D eigenvalue weighted by Crippen LogP contribution is 2.30. The molecule has 0 atom stereocenters. The van der Waals surface area contributed by atoms with Crippen LogP contribution in [0.3, 0.4) is 0 Å². The first-order valence-corrected chi connectivity index (χ1v) is 7.29. The molecular weight excluding hydrogens is 324 g/mol. The van der Waals surface area contributed by atoms with Gasteiger partial charge < -0.3 is 8.83 Å². The third-order valence-electron chi connectivity index (χ3n) is 3.53. The Labute approximate surface area is 140 Å². The summed E-state index contributed by atoms with van der Waals surface area (Å²) in [7, 11) is 0. The van der Waals surface area contributed by atoms with Crippen LogP contribution in [-0.4, -0.2) is 20.1 Å². The van der Waals surface area contributed by atoms with Crippen molar-refractivity contribution in [3.05, 3.63) is 71.0 Å². The number of hydrogen-bond acceptors (Lipinski definition) is 7. The topological polar surface area (TPSA) is 108 Å². The molecule has 0 saturated carbocycles. The Bertz CT molecular complexity index is 1020. The lowest BCUT2D eigenvalue weighted by Crippen LogP contribution is -1.86. The van der Waals surface area contributed by atoms with Gasteiger partial charge in [-0.3, -0.25) is 15.1 Å². The lowest BCUT2D eigenvalue weighted by atomic mass is 10.1. The lowest BCUT2D eigenvalue weighted by molar-refractivity contribution is -0.384. The van der Waals surface area contributed by atoms with Gasteiger partial charge >= 0.3 is 0 Å². The minimum absolute atomic E-state index is 0.0226. The fourth-order valence-corrected chi connectivity index (χ4v) is 2.29. The quantitative estimate of drug-likeness (QED) is 0.410. The molecule has 3 aromatic heterocycles. The third-order valence-corrected chi connectivity index (χ3v) is 3.53. The van der Waals surface area contributed by atoms with E-state index in [-0.39, 0.29) is 11.6 Å². The molecule has 8 heteroatoms. The summed E-state index contributed by atoms with van der Waals surface area (Å²) in [5, 5.41) is 18.7. The number of nitro benzene ring substituents is 1. The molecule has 0 bridgehead atoms. The first-order chi connectivity index (χ1) is 12.2. The molecule has 8 nitrogen and oxygen atoms in total. The first-order valence-electron chi connectivity index (χ1n) is 7.29. The number of nitro groups is 1. The van der Waals surface area contributed by atoms with Gasteiger partial charge in [0.2, 0.25) is 5.89 Å². The predicted molar refractivity (Wildman–Crippen MR) is 87.3 cm³/mol. The number of nitrogens with zero attached hydrogens (tertiary/aromatic N) is 4. The van der Waals surface area contributed by atoms with E-state index < -0.39 is 4.92 Å². The fourth-order valence-electron chi connectivity index (χ4n) is 2.29. The van der Waals surface area contributed by atoms with E-state index in [0.717, 1.165) is 5.56 Å². The smallest absolute Gasteiger partial charge is 0.283 e. The highest BCUT2D eigenvalue weighted by Gasteiger charge is 2.15. The van der Waals surface area contributed by atoms with E-state index in [2.05, 4.69) is 15.2 Å². The molecule has 0 spiro atoms. The van der Waals surface area contributed by atoms with Crippen molar-refractivity contribution in [2.45, 2.75) is 0 Å². The Hall–Kier alpha value is -3.81. The van der Waals surface area contributed by atoms with Crippen molar-refractivity contribution >= 4 is 5.69 Å². The van der Waals surface area contributed by atoms with Crippen LogP contribution in [0, 0.1) is 10.1 Å². The molecule has 0 radical (unpaired) electrons. The number of hydrogen-bond donors (Lipinski definition) is 0. The van der Waals surface area contributed by atoms with Gasteiger partial charge in [-0.05, 0) is 36.4 Å².